The summed E-state index contributed by atoms with van der Waals surface area (Å²) in [5.41, 5.74) is 4.98. The monoisotopic (exact) mass is 786 g/mol. The number of ether oxygens (including phenoxy) is 2. The topological polar surface area (TPSA) is 176 Å². The zero-order chi connectivity index (χ0) is 38.7. The van der Waals surface area contributed by atoms with E-state index < -0.39 is 11.2 Å². The number of aromatic amines is 2. The van der Waals surface area contributed by atoms with Crippen molar-refractivity contribution in [3.63, 3.8) is 0 Å². The fraction of sp³-hybridized carbons (Fsp3) is 0.556. The minimum absolute atomic E-state index is 0.0189. The summed E-state index contributed by atoms with van der Waals surface area (Å²) in [6, 6.07) is 1.56. The normalized spacial score (nSPS) is 15.9. The summed E-state index contributed by atoms with van der Waals surface area (Å²) in [4.78, 5) is 77.2. The largest absolute Gasteiger partial charge is 0.444 e. The van der Waals surface area contributed by atoms with Crippen LogP contribution in [0.1, 0.15) is 102 Å². The molecule has 0 unspecified atom stereocenters. The quantitative estimate of drug-likeness (QED) is 0.214. The van der Waals surface area contributed by atoms with Crippen LogP contribution < -0.4 is 11.1 Å². The number of hydrogen-bond acceptors (Lipinski definition) is 12. The Morgan fingerprint density at radius 3 is 1.64 bits per heavy atom. The average Bonchev–Trinajstić information content (AvgIpc) is 3.72. The third kappa shape index (κ3) is 10.5. The standard InChI is InChI=1S/C18H23ClN4O3S.C18H24N4O3S/c1-10-14(27-9-20-10)15-21-13(12(19)16(24)22-15)11-5-7-23(8-6-11)17(25)26-18(2,3)4;1-11-15(26-10-19-11)16-20-13(9-14(23)21-16)12-5-7-22(8-6-12)17(24)25-18(2,3)4/h9,11H,5-8H2,1-4H3,(H,21,22,24);9-10,12H,5-8H2,1-4H3,(H,20,21,23). The molecule has 286 valence electrons. The molecular formula is C36H47ClN8O6S2. The Labute approximate surface area is 321 Å². The molecule has 0 aromatic carbocycles. The number of carbonyl (C=O) groups excluding carboxylic acids is 2. The third-order valence-corrected chi connectivity index (χ3v) is 10.9. The highest BCUT2D eigenvalue weighted by atomic mass is 35.5. The van der Waals surface area contributed by atoms with Gasteiger partial charge in [-0.1, -0.05) is 11.6 Å². The first-order chi connectivity index (χ1) is 24.9. The summed E-state index contributed by atoms with van der Waals surface area (Å²) in [6.07, 6.45) is 2.28. The highest BCUT2D eigenvalue weighted by molar-refractivity contribution is 7.13. The van der Waals surface area contributed by atoms with Gasteiger partial charge in [-0.25, -0.2) is 29.5 Å². The zero-order valence-corrected chi connectivity index (χ0v) is 33.8. The summed E-state index contributed by atoms with van der Waals surface area (Å²) in [6.45, 7) is 17.2. The van der Waals surface area contributed by atoms with E-state index in [2.05, 4.69) is 29.9 Å². The van der Waals surface area contributed by atoms with Crippen molar-refractivity contribution in [3.8, 4) is 21.4 Å². The Morgan fingerprint density at radius 1 is 0.755 bits per heavy atom. The number of nitrogens with zero attached hydrogens (tertiary/aromatic N) is 6. The van der Waals surface area contributed by atoms with E-state index in [0.717, 1.165) is 39.7 Å². The zero-order valence-electron chi connectivity index (χ0n) is 31.4. The molecule has 14 nitrogen and oxygen atoms in total. The fourth-order valence-corrected chi connectivity index (χ4v) is 7.79. The van der Waals surface area contributed by atoms with Crippen molar-refractivity contribution in [1.82, 2.24) is 39.7 Å². The molecule has 2 amide bonds. The van der Waals surface area contributed by atoms with E-state index >= 15 is 0 Å². The number of H-pyrrole nitrogens is 2. The van der Waals surface area contributed by atoms with Gasteiger partial charge in [-0.3, -0.25) is 9.59 Å². The number of hydrogen-bond donors (Lipinski definition) is 2. The number of aromatic nitrogens is 6. The van der Waals surface area contributed by atoms with Gasteiger partial charge in [0.25, 0.3) is 11.1 Å². The molecule has 2 fully saturated rings. The van der Waals surface area contributed by atoms with Crippen molar-refractivity contribution in [1.29, 1.82) is 0 Å². The highest BCUT2D eigenvalue weighted by Crippen LogP contribution is 2.33. The molecule has 2 saturated heterocycles. The summed E-state index contributed by atoms with van der Waals surface area (Å²) < 4.78 is 10.9. The van der Waals surface area contributed by atoms with E-state index in [0.29, 0.717) is 56.4 Å². The molecule has 6 heterocycles. The smallest absolute Gasteiger partial charge is 0.410 e. The van der Waals surface area contributed by atoms with Crippen LogP contribution in [0, 0.1) is 13.8 Å². The van der Waals surface area contributed by atoms with Crippen LogP contribution >= 0.6 is 34.3 Å². The second-order valence-corrected chi connectivity index (χ2v) is 17.2. The molecule has 0 atom stereocenters. The van der Waals surface area contributed by atoms with Crippen molar-refractivity contribution >= 4 is 46.5 Å². The molecule has 2 aliphatic rings. The number of carbonyl (C=O) groups is 2. The van der Waals surface area contributed by atoms with Crippen LogP contribution in [-0.2, 0) is 9.47 Å². The van der Waals surface area contributed by atoms with E-state index in [1.54, 1.807) is 26.9 Å². The Bertz CT molecular complexity index is 2030. The lowest BCUT2D eigenvalue weighted by molar-refractivity contribution is 0.0193. The van der Waals surface area contributed by atoms with Gasteiger partial charge in [0.05, 0.1) is 43.6 Å². The summed E-state index contributed by atoms with van der Waals surface area (Å²) >= 11 is 9.15. The average molecular weight is 787 g/mol. The molecule has 0 radical (unpaired) electrons. The maximum Gasteiger partial charge on any atom is 0.410 e. The van der Waals surface area contributed by atoms with Crippen LogP contribution in [0.25, 0.3) is 21.4 Å². The number of nitrogens with one attached hydrogen (secondary N) is 2. The van der Waals surface area contributed by atoms with Crippen molar-refractivity contribution in [2.24, 2.45) is 0 Å². The van der Waals surface area contributed by atoms with Crippen LogP contribution in [0.15, 0.2) is 26.7 Å². The molecule has 53 heavy (non-hydrogen) atoms. The lowest BCUT2D eigenvalue weighted by Crippen LogP contribution is -2.41. The van der Waals surface area contributed by atoms with E-state index in [1.807, 2.05) is 55.4 Å². The van der Waals surface area contributed by atoms with E-state index in [4.69, 9.17) is 21.1 Å². The molecule has 6 rings (SSSR count). The van der Waals surface area contributed by atoms with Crippen molar-refractivity contribution in [2.45, 2.75) is 104 Å². The van der Waals surface area contributed by atoms with E-state index in [1.165, 1.54) is 22.7 Å². The van der Waals surface area contributed by atoms with Gasteiger partial charge in [-0.15, -0.1) is 22.7 Å². The van der Waals surface area contributed by atoms with Gasteiger partial charge in [0.2, 0.25) is 0 Å². The van der Waals surface area contributed by atoms with Gasteiger partial charge in [-0.2, -0.15) is 0 Å². The molecule has 17 heteroatoms. The molecule has 0 bridgehead atoms. The number of likely N-dealkylation sites (tertiary alicyclic amines) is 2. The first kappa shape index (κ1) is 40.0. The molecular weight excluding hydrogens is 740 g/mol. The molecule has 4 aromatic rings. The lowest BCUT2D eigenvalue weighted by Gasteiger charge is -2.33. The molecule has 0 saturated carbocycles. The minimum atomic E-state index is -0.521. The molecule has 2 N–H and O–H groups in total. The number of thiazole rings is 2. The summed E-state index contributed by atoms with van der Waals surface area (Å²) in [7, 11) is 0. The van der Waals surface area contributed by atoms with Crippen LogP contribution in [0.3, 0.4) is 0 Å². The number of amides is 2. The molecule has 0 aliphatic carbocycles. The predicted molar refractivity (Wildman–Crippen MR) is 206 cm³/mol. The molecule has 4 aromatic heterocycles. The second kappa shape index (κ2) is 16.5. The van der Waals surface area contributed by atoms with Crippen LogP contribution in [0.2, 0.25) is 5.02 Å². The third-order valence-electron chi connectivity index (χ3n) is 8.67. The van der Waals surface area contributed by atoms with Crippen molar-refractivity contribution < 1.29 is 19.1 Å². The Balaban J connectivity index is 0.000000204. The van der Waals surface area contributed by atoms with Gasteiger partial charge in [0, 0.05) is 44.1 Å². The van der Waals surface area contributed by atoms with Crippen LogP contribution in [0.5, 0.6) is 0 Å². The Morgan fingerprint density at radius 2 is 1.21 bits per heavy atom. The Kier molecular flexibility index (Phi) is 12.4. The van der Waals surface area contributed by atoms with E-state index in [-0.39, 0.29) is 40.2 Å². The van der Waals surface area contributed by atoms with Gasteiger partial charge in [0.15, 0.2) is 11.6 Å². The number of piperidine rings is 2. The van der Waals surface area contributed by atoms with Gasteiger partial charge in [0.1, 0.15) is 16.2 Å². The molecule has 0 spiro atoms. The highest BCUT2D eigenvalue weighted by Gasteiger charge is 2.31. The molecule has 2 aliphatic heterocycles. The van der Waals surface area contributed by atoms with Crippen LogP contribution in [-0.4, -0.2) is 89.3 Å². The van der Waals surface area contributed by atoms with E-state index in [9.17, 15) is 19.2 Å². The first-order valence-electron chi connectivity index (χ1n) is 17.6. The van der Waals surface area contributed by atoms with Gasteiger partial charge >= 0.3 is 12.2 Å². The predicted octanol–water partition coefficient (Wildman–Crippen LogP) is 7.29. The summed E-state index contributed by atoms with van der Waals surface area (Å²) in [5, 5.41) is 0.122. The SMILES string of the molecule is Cc1ncsc1-c1nc(C2CCN(C(=O)OC(C)(C)C)CC2)c(Cl)c(=O)[nH]1.Cc1ncsc1-c1nc(C2CCN(C(=O)OC(C)(C)C)CC2)cc(=O)[nH]1. The fourth-order valence-electron chi connectivity index (χ4n) is 6.05. The summed E-state index contributed by atoms with van der Waals surface area (Å²) in [5.74, 6) is 1.24. The second-order valence-electron chi connectivity index (χ2n) is 15.1. The number of rotatable bonds is 4. The number of halogens is 1. The maximum absolute atomic E-state index is 12.3. The van der Waals surface area contributed by atoms with Crippen LogP contribution in [0.4, 0.5) is 9.59 Å². The maximum atomic E-state index is 12.3. The van der Waals surface area contributed by atoms with Crippen molar-refractivity contribution in [3.05, 3.63) is 65.6 Å². The minimum Gasteiger partial charge on any atom is -0.444 e. The number of aryl methyl sites for hydroxylation is 2. The van der Waals surface area contributed by atoms with Gasteiger partial charge in [-0.05, 0) is 81.1 Å². The van der Waals surface area contributed by atoms with Gasteiger partial charge < -0.3 is 29.2 Å². The first-order valence-corrected chi connectivity index (χ1v) is 19.7. The Hall–Kier alpha value is -4.15. The lowest BCUT2D eigenvalue weighted by atomic mass is 9.93. The van der Waals surface area contributed by atoms with Crippen molar-refractivity contribution in [2.75, 3.05) is 26.2 Å².